The molecular weight excluding hydrogens is 872 g/mol. The zero-order valence-electron chi connectivity index (χ0n) is 40.4. The van der Waals surface area contributed by atoms with Gasteiger partial charge in [0.15, 0.2) is 0 Å². The van der Waals surface area contributed by atoms with Crippen molar-refractivity contribution < 1.29 is 96.8 Å². The quantitative estimate of drug-likeness (QED) is 0.0465. The van der Waals surface area contributed by atoms with Crippen molar-refractivity contribution in [2.24, 2.45) is 11.8 Å². The van der Waals surface area contributed by atoms with Crippen LogP contribution in [-0.2, 0) is 57.1 Å². The second-order valence-corrected chi connectivity index (χ2v) is 18.3. The molecule has 14 nitrogen and oxygen atoms in total. The first-order valence-corrected chi connectivity index (χ1v) is 22.6. The summed E-state index contributed by atoms with van der Waals surface area (Å²) in [6.07, 6.45) is 31.6. The molecule has 4 aliphatic heterocycles. The maximum atomic E-state index is 12.4. The number of carbonyl (C=O) groups is 4. The molecule has 360 valence electrons. The maximum absolute atomic E-state index is 12.4. The second kappa shape index (κ2) is 25.1. The molecule has 4 saturated heterocycles. The van der Waals surface area contributed by atoms with E-state index in [-0.39, 0.29) is 100 Å². The topological polar surface area (TPSA) is 199 Å². The van der Waals surface area contributed by atoms with Gasteiger partial charge in [-0.05, 0) is 86.1 Å². The number of carbonyl (C=O) groups excluding carboxylic acids is 3. The van der Waals surface area contributed by atoms with Gasteiger partial charge in [-0.2, -0.15) is 0 Å². The molecule has 6 fully saturated rings. The molecule has 4 heterocycles. The molecule has 0 aromatic heterocycles. The molecule has 0 unspecified atom stereocenters. The fourth-order valence-electron chi connectivity index (χ4n) is 9.57. The van der Waals surface area contributed by atoms with Crippen LogP contribution in [-0.4, -0.2) is 115 Å². The minimum Gasteiger partial charge on any atom is -0.545 e. The Kier molecular flexibility index (Phi) is 20.8. The van der Waals surface area contributed by atoms with Gasteiger partial charge in [-0.25, -0.2) is 14.4 Å². The van der Waals surface area contributed by atoms with E-state index in [4.69, 9.17) is 43.0 Å². The minimum absolute atomic E-state index is 0. The normalized spacial score (nSPS) is 35.1. The van der Waals surface area contributed by atoms with Crippen molar-refractivity contribution in [1.82, 2.24) is 0 Å². The van der Waals surface area contributed by atoms with Crippen molar-refractivity contribution in [1.29, 1.82) is 0 Å². The molecule has 6 aliphatic rings. The predicted molar refractivity (Wildman–Crippen MR) is 245 cm³/mol. The van der Waals surface area contributed by atoms with Gasteiger partial charge in [0.05, 0.1) is 43.2 Å². The number of rotatable bonds is 20. The molecule has 6 rings (SSSR count). The third-order valence-corrected chi connectivity index (χ3v) is 13.1. The number of hydrogen-bond acceptors (Lipinski definition) is 13. The van der Waals surface area contributed by atoms with Crippen molar-refractivity contribution in [2.75, 3.05) is 27.4 Å². The van der Waals surface area contributed by atoms with Gasteiger partial charge in [0.1, 0.15) is 46.8 Å². The SMILES string of the molecule is CO[C@@H]1[C@H](OC(=O)/C=C/C=C/C=C/C=C/C(=O)O)CC[C@]2(CO2)[C@H]1[C@@]1(C)O[C@@H]1CC=C(C)C.CO[C@@H]1[C@H](OC(=O)/C=C/C=C/C=C/C=C/C(=O)[O-])CC[C@]2(CO2)[C@H]1[C@@]1(C)O[C@@H]1CC=C(C)C.[Na+]. The Hall–Kier alpha value is -3.96. The Bertz CT molecular complexity index is 1900. The zero-order chi connectivity index (χ0) is 48.1. The summed E-state index contributed by atoms with van der Waals surface area (Å²) in [6, 6.07) is 0. The predicted octanol–water partition coefficient (Wildman–Crippen LogP) is 3.50. The molecule has 2 saturated carbocycles. The second-order valence-electron chi connectivity index (χ2n) is 18.3. The van der Waals surface area contributed by atoms with E-state index >= 15 is 0 Å². The molecule has 0 aromatic carbocycles. The van der Waals surface area contributed by atoms with E-state index in [9.17, 15) is 24.3 Å². The number of aliphatic carboxylic acids is 2. The van der Waals surface area contributed by atoms with Gasteiger partial charge in [-0.15, -0.1) is 0 Å². The molecule has 2 spiro atoms. The standard InChI is InChI=1S/2C26H34O7.Na/c2*1-18(2)13-14-20-25(3,33-20)24-23(30-4)19(15-16-26(24)17-31-26)32-22(29)12-10-8-6-5-7-9-11-21(27)28;/h2*5-13,19-20,23-24H,14-17H2,1-4H3,(H,27,28);/q;;+1/p-1/b2*7-5+,8-6+,11-9+,12-10+;/t2*19-,20-,23-,24-,25+,26+;/m11./s1. The number of esters is 2. The Morgan fingerprint density at radius 2 is 0.940 bits per heavy atom. The summed E-state index contributed by atoms with van der Waals surface area (Å²) in [5.74, 6) is -3.16. The van der Waals surface area contributed by atoms with Gasteiger partial charge >= 0.3 is 47.5 Å². The van der Waals surface area contributed by atoms with Gasteiger partial charge in [0, 0.05) is 32.4 Å². The Labute approximate surface area is 417 Å². The van der Waals surface area contributed by atoms with Crippen LogP contribution in [0.15, 0.2) is 121 Å². The average Bonchev–Trinajstić information content (AvgIpc) is 4.14. The summed E-state index contributed by atoms with van der Waals surface area (Å²) in [6.45, 7) is 13.9. The molecule has 67 heavy (non-hydrogen) atoms. The number of methoxy groups -OCH3 is 2. The zero-order valence-corrected chi connectivity index (χ0v) is 42.4. The molecule has 0 aromatic rings. The number of carboxylic acid groups (broad SMARTS) is 2. The fraction of sp³-hybridized carbons (Fsp3) is 0.538. The summed E-state index contributed by atoms with van der Waals surface area (Å²) < 4.78 is 47.5. The average molecular weight is 939 g/mol. The van der Waals surface area contributed by atoms with Crippen LogP contribution in [0, 0.1) is 11.8 Å². The summed E-state index contributed by atoms with van der Waals surface area (Å²) in [7, 11) is 3.30. The van der Waals surface area contributed by atoms with E-state index < -0.39 is 23.9 Å². The molecule has 1 N–H and O–H groups in total. The van der Waals surface area contributed by atoms with Crippen molar-refractivity contribution in [3.63, 3.8) is 0 Å². The van der Waals surface area contributed by atoms with Gasteiger partial charge in [-0.3, -0.25) is 0 Å². The van der Waals surface area contributed by atoms with Crippen molar-refractivity contribution in [3.8, 4) is 0 Å². The molecule has 0 amide bonds. The molecule has 0 radical (unpaired) electrons. The number of hydrogen-bond donors (Lipinski definition) is 1. The van der Waals surface area contributed by atoms with Gasteiger partial charge in [0.2, 0.25) is 0 Å². The number of ether oxygens (including phenoxy) is 8. The first kappa shape index (κ1) is 55.6. The summed E-state index contributed by atoms with van der Waals surface area (Å²) >= 11 is 0. The number of carboxylic acids is 2. The Morgan fingerprint density at radius 1 is 0.597 bits per heavy atom. The van der Waals surface area contributed by atoms with Crippen LogP contribution >= 0.6 is 0 Å². The molecular formula is C52H67NaO14. The molecule has 2 aliphatic carbocycles. The number of epoxide rings is 4. The first-order chi connectivity index (χ1) is 31.4. The molecule has 15 heteroatoms. The molecule has 12 atom stereocenters. The first-order valence-electron chi connectivity index (χ1n) is 22.6. The smallest absolute Gasteiger partial charge is 0.545 e. The van der Waals surface area contributed by atoms with Gasteiger partial charge in [-0.1, -0.05) is 96.2 Å². The monoisotopic (exact) mass is 938 g/mol. The van der Waals surface area contributed by atoms with Crippen LogP contribution in [0.5, 0.6) is 0 Å². The van der Waals surface area contributed by atoms with Crippen LogP contribution in [0.2, 0.25) is 0 Å². The number of allylic oxidation sites excluding steroid dienone is 14. The third-order valence-electron chi connectivity index (χ3n) is 13.1. The van der Waals surface area contributed by atoms with Crippen molar-refractivity contribution in [2.45, 2.75) is 139 Å². The van der Waals surface area contributed by atoms with Crippen LogP contribution < -0.4 is 34.7 Å². The van der Waals surface area contributed by atoms with E-state index in [0.29, 0.717) is 26.1 Å². The fourth-order valence-corrected chi connectivity index (χ4v) is 9.57. The van der Waals surface area contributed by atoms with E-state index in [0.717, 1.165) is 37.8 Å². The minimum atomic E-state index is -1.25. The van der Waals surface area contributed by atoms with Gasteiger partial charge < -0.3 is 52.9 Å². The van der Waals surface area contributed by atoms with Crippen LogP contribution in [0.3, 0.4) is 0 Å². The summed E-state index contributed by atoms with van der Waals surface area (Å²) in [4.78, 5) is 45.5. The molecule has 0 bridgehead atoms. The summed E-state index contributed by atoms with van der Waals surface area (Å²) in [5, 5.41) is 18.8. The Morgan fingerprint density at radius 3 is 1.25 bits per heavy atom. The van der Waals surface area contributed by atoms with E-state index in [1.54, 1.807) is 75.0 Å². The third kappa shape index (κ3) is 15.5. The van der Waals surface area contributed by atoms with E-state index in [1.807, 2.05) is 0 Å². The largest absolute Gasteiger partial charge is 1.00 e. The van der Waals surface area contributed by atoms with Crippen LogP contribution in [0.1, 0.15) is 80.1 Å². The van der Waals surface area contributed by atoms with E-state index in [2.05, 4.69) is 53.7 Å². The maximum Gasteiger partial charge on any atom is 1.00 e. The van der Waals surface area contributed by atoms with Crippen LogP contribution in [0.4, 0.5) is 0 Å². The van der Waals surface area contributed by atoms with Crippen molar-refractivity contribution >= 4 is 23.9 Å². The van der Waals surface area contributed by atoms with Crippen LogP contribution in [0.25, 0.3) is 0 Å². The van der Waals surface area contributed by atoms with E-state index in [1.165, 1.54) is 35.5 Å². The Balaban J connectivity index is 0.000000288. The van der Waals surface area contributed by atoms with Gasteiger partial charge in [0.25, 0.3) is 0 Å². The summed E-state index contributed by atoms with van der Waals surface area (Å²) in [5.41, 5.74) is 1.27. The van der Waals surface area contributed by atoms with Crippen molar-refractivity contribution in [3.05, 3.63) is 121 Å².